The lowest BCUT2D eigenvalue weighted by atomic mass is 9.70. The van der Waals surface area contributed by atoms with Crippen molar-refractivity contribution in [3.63, 3.8) is 0 Å². The molecule has 0 aromatic heterocycles. The fourth-order valence-electron chi connectivity index (χ4n) is 5.65. The van der Waals surface area contributed by atoms with Gasteiger partial charge in [0, 0.05) is 6.42 Å². The largest absolute Gasteiger partial charge is 0.299 e. The fourth-order valence-corrected chi connectivity index (χ4v) is 6.95. The molecular weight excluding hydrogens is 344 g/mol. The van der Waals surface area contributed by atoms with Gasteiger partial charge in [-0.25, -0.2) is 0 Å². The second kappa shape index (κ2) is 5.71. The van der Waals surface area contributed by atoms with Crippen molar-refractivity contribution in [3.8, 4) is 0 Å². The fraction of sp³-hybridized carbons (Fsp3) is 0.938. The average molecular weight is 372 g/mol. The maximum Gasteiger partial charge on any atom is 0.265 e. The lowest BCUT2D eigenvalue weighted by Crippen LogP contribution is -2.71. The van der Waals surface area contributed by atoms with Gasteiger partial charge in [-0.05, 0) is 24.2 Å². The van der Waals surface area contributed by atoms with Crippen LogP contribution in [0.5, 0.6) is 0 Å². The molecule has 8 nitrogen and oxygen atoms in total. The summed E-state index contributed by atoms with van der Waals surface area (Å²) >= 11 is 0. The lowest BCUT2D eigenvalue weighted by Gasteiger charge is -2.56. The van der Waals surface area contributed by atoms with Gasteiger partial charge in [-0.2, -0.15) is 8.42 Å². The van der Waals surface area contributed by atoms with E-state index in [1.807, 2.05) is 13.8 Å². The summed E-state index contributed by atoms with van der Waals surface area (Å²) < 4.78 is 31.0. The second-order valence-electron chi connectivity index (χ2n) is 8.92. The highest BCUT2D eigenvalue weighted by Gasteiger charge is 2.65. The van der Waals surface area contributed by atoms with Crippen LogP contribution in [-0.4, -0.2) is 84.1 Å². The van der Waals surface area contributed by atoms with E-state index < -0.39 is 21.3 Å². The summed E-state index contributed by atoms with van der Waals surface area (Å²) in [6, 6.07) is 0. The number of nitrogens with zero attached hydrogens (tertiary/aromatic N) is 4. The Morgan fingerprint density at radius 1 is 1.00 bits per heavy atom. The van der Waals surface area contributed by atoms with Crippen molar-refractivity contribution in [1.29, 1.82) is 0 Å². The Bertz CT molecular complexity index is 623. The van der Waals surface area contributed by atoms with Gasteiger partial charge in [0.2, 0.25) is 0 Å². The summed E-state index contributed by atoms with van der Waals surface area (Å²) in [5.41, 5.74) is -1.12. The van der Waals surface area contributed by atoms with Gasteiger partial charge in [-0.1, -0.05) is 13.8 Å². The summed E-state index contributed by atoms with van der Waals surface area (Å²) in [4.78, 5) is 21.8. The first-order valence-electron chi connectivity index (χ1n) is 8.97. The second-order valence-corrected chi connectivity index (χ2v) is 10.4. The van der Waals surface area contributed by atoms with Gasteiger partial charge in [-0.3, -0.25) is 28.9 Å². The van der Waals surface area contributed by atoms with Crippen LogP contribution < -0.4 is 0 Å². The SMILES string of the molecule is C1N2CN3CN1CN(C2)C3.CC1(C)C2CCC1(CS(=O)(=O)O)C(=O)C2. The van der Waals surface area contributed by atoms with E-state index in [1.165, 1.54) is 40.0 Å². The standard InChI is InChI=1S/C10H16O4S.C6H12N4/c1-9(2)7-3-4-10(9,8(11)5-7)6-15(12,13)14;1-7-2-9-4-8(1)5-10(3-7)6-9/h7H,3-6H2,1-2H3,(H,12,13,14);1-6H2. The molecule has 4 saturated heterocycles. The highest BCUT2D eigenvalue weighted by Crippen LogP contribution is 2.64. The van der Waals surface area contributed by atoms with E-state index in [0.717, 1.165) is 6.42 Å². The van der Waals surface area contributed by atoms with Crippen LogP contribution in [-0.2, 0) is 14.9 Å². The number of rotatable bonds is 2. The Kier molecular flexibility index (Phi) is 4.07. The summed E-state index contributed by atoms with van der Waals surface area (Å²) in [5, 5.41) is 0. The molecule has 6 aliphatic rings. The zero-order valence-electron chi connectivity index (χ0n) is 15.0. The van der Waals surface area contributed by atoms with E-state index in [-0.39, 0.29) is 17.1 Å². The third kappa shape index (κ3) is 2.94. The minimum atomic E-state index is -4.08. The normalized spacial score (nSPS) is 46.2. The number of hydrogen-bond donors (Lipinski definition) is 1. The number of Topliss-reactive ketones (excluding diaryl/α,β-unsaturated/α-hetero) is 1. The van der Waals surface area contributed by atoms with Crippen LogP contribution >= 0.6 is 0 Å². The molecule has 0 spiro atoms. The molecule has 0 radical (unpaired) electrons. The molecule has 6 fully saturated rings. The zero-order chi connectivity index (χ0) is 18.0. The maximum absolute atomic E-state index is 11.9. The number of ketones is 1. The first-order valence-corrected chi connectivity index (χ1v) is 10.6. The van der Waals surface area contributed by atoms with Crippen LogP contribution in [0.15, 0.2) is 0 Å². The van der Waals surface area contributed by atoms with Crippen molar-refractivity contribution in [2.24, 2.45) is 16.7 Å². The van der Waals surface area contributed by atoms with Crippen LogP contribution in [0.3, 0.4) is 0 Å². The van der Waals surface area contributed by atoms with Crippen molar-refractivity contribution in [2.75, 3.05) is 45.8 Å². The van der Waals surface area contributed by atoms with Gasteiger partial charge in [0.1, 0.15) is 5.78 Å². The number of fused-ring (bicyclic) bond motifs is 2. The zero-order valence-corrected chi connectivity index (χ0v) is 15.8. The van der Waals surface area contributed by atoms with E-state index in [4.69, 9.17) is 4.55 Å². The molecule has 9 heteroatoms. The first kappa shape index (κ1) is 17.8. The van der Waals surface area contributed by atoms with Crippen LogP contribution in [0.25, 0.3) is 0 Å². The van der Waals surface area contributed by atoms with Crippen molar-refractivity contribution in [1.82, 2.24) is 19.6 Å². The molecule has 142 valence electrons. The predicted octanol–water partition coefficient (Wildman–Crippen LogP) is 0.250. The van der Waals surface area contributed by atoms with Gasteiger partial charge < -0.3 is 0 Å². The molecule has 1 N–H and O–H groups in total. The van der Waals surface area contributed by atoms with Gasteiger partial charge in [0.05, 0.1) is 51.2 Å². The van der Waals surface area contributed by atoms with E-state index in [2.05, 4.69) is 19.6 Å². The average Bonchev–Trinajstić information content (AvgIpc) is 2.79. The molecule has 2 saturated carbocycles. The maximum atomic E-state index is 11.9. The number of hydrogen-bond acceptors (Lipinski definition) is 7. The highest BCUT2D eigenvalue weighted by molar-refractivity contribution is 7.85. The third-order valence-electron chi connectivity index (χ3n) is 6.97. The molecule has 0 aromatic carbocycles. The molecule has 4 heterocycles. The highest BCUT2D eigenvalue weighted by atomic mass is 32.2. The van der Waals surface area contributed by atoms with Gasteiger partial charge in [-0.15, -0.1) is 0 Å². The summed E-state index contributed by atoms with van der Waals surface area (Å²) in [6.45, 7) is 11.0. The van der Waals surface area contributed by atoms with Crippen LogP contribution in [0.1, 0.15) is 33.1 Å². The molecule has 25 heavy (non-hydrogen) atoms. The van der Waals surface area contributed by atoms with Crippen LogP contribution in [0, 0.1) is 16.7 Å². The van der Waals surface area contributed by atoms with Crippen molar-refractivity contribution in [2.45, 2.75) is 33.1 Å². The molecule has 2 atom stereocenters. The quantitative estimate of drug-likeness (QED) is 0.691. The van der Waals surface area contributed by atoms with Gasteiger partial charge in [0.15, 0.2) is 0 Å². The molecule has 0 amide bonds. The molecule has 2 unspecified atom stereocenters. The molecular formula is C16H28N4O4S. The monoisotopic (exact) mass is 372 g/mol. The Morgan fingerprint density at radius 2 is 1.44 bits per heavy atom. The minimum Gasteiger partial charge on any atom is -0.299 e. The third-order valence-corrected chi connectivity index (χ3v) is 7.83. The molecule has 2 aliphatic carbocycles. The summed E-state index contributed by atoms with van der Waals surface area (Å²) in [6.07, 6.45) is 1.97. The molecule has 6 rings (SSSR count). The van der Waals surface area contributed by atoms with Crippen molar-refractivity contribution in [3.05, 3.63) is 0 Å². The summed E-state index contributed by atoms with van der Waals surface area (Å²) in [7, 11) is -4.08. The number of carbonyl (C=O) groups excluding carboxylic acids is 1. The smallest absolute Gasteiger partial charge is 0.265 e. The molecule has 0 aromatic rings. The van der Waals surface area contributed by atoms with E-state index in [0.29, 0.717) is 12.8 Å². The summed E-state index contributed by atoms with van der Waals surface area (Å²) in [5.74, 6) is -0.101. The molecule has 6 bridgehead atoms. The Labute approximate surface area is 149 Å². The van der Waals surface area contributed by atoms with Crippen molar-refractivity contribution < 1.29 is 17.8 Å². The van der Waals surface area contributed by atoms with E-state index in [9.17, 15) is 13.2 Å². The van der Waals surface area contributed by atoms with Crippen LogP contribution in [0.4, 0.5) is 0 Å². The minimum absolute atomic E-state index is 0.0152. The first-order chi connectivity index (χ1) is 11.6. The van der Waals surface area contributed by atoms with Gasteiger partial charge in [0.25, 0.3) is 10.1 Å². The predicted molar refractivity (Wildman–Crippen MR) is 91.5 cm³/mol. The Morgan fingerprint density at radius 3 is 1.72 bits per heavy atom. The van der Waals surface area contributed by atoms with Gasteiger partial charge >= 0.3 is 0 Å². The van der Waals surface area contributed by atoms with E-state index in [1.54, 1.807) is 0 Å². The Balaban J connectivity index is 0.000000134. The van der Waals surface area contributed by atoms with Crippen molar-refractivity contribution >= 4 is 15.9 Å². The number of carbonyl (C=O) groups is 1. The lowest BCUT2D eigenvalue weighted by molar-refractivity contribution is -0.194. The Hall–Kier alpha value is -0.580. The molecule has 4 aliphatic heterocycles. The van der Waals surface area contributed by atoms with E-state index >= 15 is 0 Å². The van der Waals surface area contributed by atoms with Crippen LogP contribution in [0.2, 0.25) is 0 Å². The topological polar surface area (TPSA) is 84.4 Å².